The van der Waals surface area contributed by atoms with Gasteiger partial charge < -0.3 is 9.15 Å². The zero-order valence-corrected chi connectivity index (χ0v) is 13.3. The molecule has 1 aromatic heterocycles. The fourth-order valence-corrected chi connectivity index (χ4v) is 2.38. The van der Waals surface area contributed by atoms with Crippen LogP contribution in [0, 0.1) is 10.1 Å². The Balaban J connectivity index is 1.76. The molecule has 23 heavy (non-hydrogen) atoms. The summed E-state index contributed by atoms with van der Waals surface area (Å²) in [5.41, 5.74) is 0.648. The first-order valence-electron chi connectivity index (χ1n) is 6.58. The number of ether oxygens (including phenoxy) is 1. The van der Waals surface area contributed by atoms with Gasteiger partial charge in [-0.25, -0.2) is 0 Å². The average Bonchev–Trinajstić information content (AvgIpc) is 3.02. The van der Waals surface area contributed by atoms with Crippen molar-refractivity contribution in [3.8, 4) is 17.2 Å². The number of hydrogen-bond acceptors (Lipinski definition) is 6. The predicted octanol–water partition coefficient (Wildman–Crippen LogP) is 3.99. The van der Waals surface area contributed by atoms with Gasteiger partial charge >= 0.3 is 5.69 Å². The molecule has 0 spiro atoms. The summed E-state index contributed by atoms with van der Waals surface area (Å²) >= 11 is 3.41. The SMILES string of the molecule is O=[N+]([O-])c1ccccc1OCc1nnc(-c2ccccc2Br)o1. The highest BCUT2D eigenvalue weighted by Crippen LogP contribution is 2.28. The van der Waals surface area contributed by atoms with Crippen molar-refractivity contribution in [2.75, 3.05) is 0 Å². The Bertz CT molecular complexity index is 850. The summed E-state index contributed by atoms with van der Waals surface area (Å²) in [6, 6.07) is 13.5. The quantitative estimate of drug-likeness (QED) is 0.494. The zero-order valence-electron chi connectivity index (χ0n) is 11.7. The summed E-state index contributed by atoms with van der Waals surface area (Å²) in [4.78, 5) is 10.4. The molecule has 0 atom stereocenters. The molecule has 0 aliphatic heterocycles. The molecular weight excluding hydrogens is 366 g/mol. The monoisotopic (exact) mass is 375 g/mol. The molecule has 7 nitrogen and oxygen atoms in total. The fourth-order valence-electron chi connectivity index (χ4n) is 1.92. The van der Waals surface area contributed by atoms with Gasteiger partial charge in [-0.2, -0.15) is 0 Å². The third-order valence-electron chi connectivity index (χ3n) is 2.98. The van der Waals surface area contributed by atoms with Crippen molar-refractivity contribution < 1.29 is 14.1 Å². The van der Waals surface area contributed by atoms with Gasteiger partial charge in [0, 0.05) is 10.5 Å². The number of benzene rings is 2. The number of rotatable bonds is 5. The topological polar surface area (TPSA) is 91.3 Å². The van der Waals surface area contributed by atoms with E-state index < -0.39 is 4.92 Å². The van der Waals surface area contributed by atoms with Crippen molar-refractivity contribution in [2.24, 2.45) is 0 Å². The van der Waals surface area contributed by atoms with E-state index in [4.69, 9.17) is 9.15 Å². The Morgan fingerprint density at radius 3 is 2.65 bits per heavy atom. The van der Waals surface area contributed by atoms with Gasteiger partial charge in [0.05, 0.1) is 10.5 Å². The van der Waals surface area contributed by atoms with Crippen LogP contribution in [0.1, 0.15) is 5.89 Å². The Labute approximate surface area is 139 Å². The molecule has 0 radical (unpaired) electrons. The van der Waals surface area contributed by atoms with Gasteiger partial charge in [0.1, 0.15) is 0 Å². The number of halogens is 1. The molecule has 0 amide bonds. The standard InChI is InChI=1S/C15H10BrN3O4/c16-11-6-2-1-5-10(11)15-18-17-14(23-15)9-22-13-8-4-3-7-12(13)19(20)21/h1-8H,9H2. The van der Waals surface area contributed by atoms with Crippen LogP contribution >= 0.6 is 15.9 Å². The van der Waals surface area contributed by atoms with Gasteiger partial charge in [-0.05, 0) is 34.1 Å². The molecule has 8 heteroatoms. The van der Waals surface area contributed by atoms with Crippen molar-refractivity contribution in [3.05, 3.63) is 69.0 Å². The molecule has 1 heterocycles. The molecule has 0 unspecified atom stereocenters. The Morgan fingerprint density at radius 1 is 1.13 bits per heavy atom. The molecule has 0 saturated carbocycles. The van der Waals surface area contributed by atoms with Crippen LogP contribution in [-0.4, -0.2) is 15.1 Å². The second-order valence-corrected chi connectivity index (χ2v) is 5.35. The molecule has 2 aromatic carbocycles. The highest BCUT2D eigenvalue weighted by atomic mass is 79.9. The van der Waals surface area contributed by atoms with Crippen LogP contribution in [0.15, 0.2) is 57.4 Å². The lowest BCUT2D eigenvalue weighted by Crippen LogP contribution is -1.99. The first kappa shape index (κ1) is 15.2. The molecule has 0 aliphatic carbocycles. The Morgan fingerprint density at radius 2 is 1.87 bits per heavy atom. The van der Waals surface area contributed by atoms with Crippen molar-refractivity contribution in [3.63, 3.8) is 0 Å². The van der Waals surface area contributed by atoms with E-state index in [0.29, 0.717) is 5.89 Å². The largest absolute Gasteiger partial charge is 0.477 e. The van der Waals surface area contributed by atoms with Crippen LogP contribution in [0.5, 0.6) is 5.75 Å². The molecule has 116 valence electrons. The molecule has 3 rings (SSSR count). The molecular formula is C15H10BrN3O4. The molecule has 3 aromatic rings. The number of aromatic nitrogens is 2. The maximum absolute atomic E-state index is 10.9. The van der Waals surface area contributed by atoms with Gasteiger partial charge in [0.2, 0.25) is 5.89 Å². The highest BCUT2D eigenvalue weighted by molar-refractivity contribution is 9.10. The van der Waals surface area contributed by atoms with Gasteiger partial charge in [0.15, 0.2) is 12.4 Å². The summed E-state index contributed by atoms with van der Waals surface area (Å²) in [6.07, 6.45) is 0. The molecule has 0 fully saturated rings. The van der Waals surface area contributed by atoms with Crippen LogP contribution in [0.4, 0.5) is 5.69 Å². The van der Waals surface area contributed by atoms with E-state index in [-0.39, 0.29) is 23.9 Å². The average molecular weight is 376 g/mol. The number of hydrogen-bond donors (Lipinski definition) is 0. The second kappa shape index (κ2) is 6.57. The van der Waals surface area contributed by atoms with Gasteiger partial charge in [-0.15, -0.1) is 10.2 Å². The van der Waals surface area contributed by atoms with E-state index >= 15 is 0 Å². The normalized spacial score (nSPS) is 10.5. The van der Waals surface area contributed by atoms with E-state index in [9.17, 15) is 10.1 Å². The molecule has 0 N–H and O–H groups in total. The summed E-state index contributed by atoms with van der Waals surface area (Å²) < 4.78 is 11.8. The van der Waals surface area contributed by atoms with Crippen LogP contribution < -0.4 is 4.74 Å². The lowest BCUT2D eigenvalue weighted by atomic mass is 10.2. The predicted molar refractivity (Wildman–Crippen MR) is 84.9 cm³/mol. The lowest BCUT2D eigenvalue weighted by Gasteiger charge is -2.03. The first-order chi connectivity index (χ1) is 11.1. The van der Waals surface area contributed by atoms with Crippen molar-refractivity contribution in [1.82, 2.24) is 10.2 Å². The van der Waals surface area contributed by atoms with Gasteiger partial charge in [-0.1, -0.05) is 24.3 Å². The van der Waals surface area contributed by atoms with Crippen LogP contribution in [-0.2, 0) is 6.61 Å². The molecule has 0 aliphatic rings. The van der Waals surface area contributed by atoms with Crippen LogP contribution in [0.25, 0.3) is 11.5 Å². The Hall–Kier alpha value is -2.74. The third-order valence-corrected chi connectivity index (χ3v) is 3.68. The van der Waals surface area contributed by atoms with E-state index in [2.05, 4.69) is 26.1 Å². The minimum Gasteiger partial charge on any atom is -0.477 e. The number of para-hydroxylation sites is 2. The van der Waals surface area contributed by atoms with E-state index in [1.165, 1.54) is 12.1 Å². The number of nitro groups is 1. The fraction of sp³-hybridized carbons (Fsp3) is 0.0667. The zero-order chi connectivity index (χ0) is 16.2. The summed E-state index contributed by atoms with van der Waals surface area (Å²) in [7, 11) is 0. The van der Waals surface area contributed by atoms with E-state index in [1.54, 1.807) is 12.1 Å². The van der Waals surface area contributed by atoms with Crippen molar-refractivity contribution in [1.29, 1.82) is 0 Å². The van der Waals surface area contributed by atoms with E-state index in [1.807, 2.05) is 24.3 Å². The van der Waals surface area contributed by atoms with Crippen LogP contribution in [0.2, 0.25) is 0 Å². The maximum Gasteiger partial charge on any atom is 0.310 e. The van der Waals surface area contributed by atoms with Crippen molar-refractivity contribution >= 4 is 21.6 Å². The van der Waals surface area contributed by atoms with Gasteiger partial charge in [-0.3, -0.25) is 10.1 Å². The number of nitrogens with zero attached hydrogens (tertiary/aromatic N) is 3. The summed E-state index contributed by atoms with van der Waals surface area (Å²) in [6.45, 7) is -0.0533. The smallest absolute Gasteiger partial charge is 0.310 e. The maximum atomic E-state index is 10.9. The highest BCUT2D eigenvalue weighted by Gasteiger charge is 2.16. The molecule has 0 saturated heterocycles. The van der Waals surface area contributed by atoms with Crippen LogP contribution in [0.3, 0.4) is 0 Å². The Kier molecular flexibility index (Phi) is 4.33. The third kappa shape index (κ3) is 3.37. The summed E-state index contributed by atoms with van der Waals surface area (Å²) in [5, 5.41) is 18.8. The minimum absolute atomic E-state index is 0.0533. The minimum atomic E-state index is -0.504. The van der Waals surface area contributed by atoms with Crippen molar-refractivity contribution in [2.45, 2.75) is 6.61 Å². The van der Waals surface area contributed by atoms with Gasteiger partial charge in [0.25, 0.3) is 5.89 Å². The summed E-state index contributed by atoms with van der Waals surface area (Å²) in [5.74, 6) is 0.727. The second-order valence-electron chi connectivity index (χ2n) is 4.49. The lowest BCUT2D eigenvalue weighted by molar-refractivity contribution is -0.386. The number of nitro benzene ring substituents is 1. The van der Waals surface area contributed by atoms with E-state index in [0.717, 1.165) is 10.0 Å². The first-order valence-corrected chi connectivity index (χ1v) is 7.38. The molecule has 0 bridgehead atoms.